The molecule has 0 aromatic heterocycles. The molecule has 1 aliphatic rings. The highest BCUT2D eigenvalue weighted by molar-refractivity contribution is 7.91. The van der Waals surface area contributed by atoms with Gasteiger partial charge in [-0.2, -0.15) is 34.8 Å². The molecule has 1 unspecified atom stereocenters. The van der Waals surface area contributed by atoms with Crippen molar-refractivity contribution in [2.45, 2.75) is 61.1 Å². The predicted molar refractivity (Wildman–Crippen MR) is 78.4 cm³/mol. The van der Waals surface area contributed by atoms with E-state index in [2.05, 4.69) is 0 Å². The summed E-state index contributed by atoms with van der Waals surface area (Å²) in [5.41, 5.74) is -0.979. The van der Waals surface area contributed by atoms with Crippen LogP contribution in [-0.2, 0) is 35.4 Å². The molecule has 0 radical (unpaired) electrons. The van der Waals surface area contributed by atoms with Crippen LogP contribution in [-0.4, -0.2) is 51.1 Å². The topological polar surface area (TPSA) is 130 Å². The highest BCUT2D eigenvalue weighted by atomic mass is 32.2. The van der Waals surface area contributed by atoms with Gasteiger partial charge in [0, 0.05) is 11.1 Å². The lowest BCUT2D eigenvalue weighted by Gasteiger charge is -2.32. The molecule has 1 atom stereocenters. The smallest absolute Gasteiger partial charge is 0.432 e. The summed E-state index contributed by atoms with van der Waals surface area (Å²) in [5, 5.41) is -13.2. The second kappa shape index (κ2) is 7.78. The van der Waals surface area contributed by atoms with Gasteiger partial charge in [-0.05, 0) is 32.6 Å². The molecule has 1 rings (SSSR count). The number of halogens is 6. The molecule has 8 nitrogen and oxygen atoms in total. The second-order valence-corrected chi connectivity index (χ2v) is 8.89. The molecule has 164 valence electrons. The van der Waals surface area contributed by atoms with Gasteiger partial charge in [-0.1, -0.05) is 0 Å². The molecule has 0 aromatic rings. The summed E-state index contributed by atoms with van der Waals surface area (Å²) in [6.07, 6.45) is 0.691. The maximum Gasteiger partial charge on any atom is 0.432 e. The van der Waals surface area contributed by atoms with Crippen molar-refractivity contribution in [1.82, 2.24) is 4.72 Å². The Morgan fingerprint density at radius 3 is 2.04 bits per heavy atom. The minimum atomic E-state index is -6.93. The van der Waals surface area contributed by atoms with Gasteiger partial charge in [0.25, 0.3) is 0 Å². The number of rotatable bonds is 8. The fourth-order valence-electron chi connectivity index (χ4n) is 2.36. The molecule has 1 aliphatic carbocycles. The van der Waals surface area contributed by atoms with E-state index >= 15 is 0 Å². The fraction of sp³-hybridized carbons (Fsp3) is 0.833. The molecule has 28 heavy (non-hydrogen) atoms. The molecule has 1 N–H and O–H groups in total. The normalized spacial score (nSPS) is 19.1. The van der Waals surface area contributed by atoms with Crippen molar-refractivity contribution in [3.63, 3.8) is 0 Å². The average molecular weight is 462 g/mol. The van der Waals surface area contributed by atoms with Gasteiger partial charge in [-0.3, -0.25) is 13.8 Å². The molecule has 0 aromatic carbocycles. The third-order valence-corrected chi connectivity index (χ3v) is 5.96. The molecule has 0 aliphatic heterocycles. The van der Waals surface area contributed by atoms with E-state index < -0.39 is 61.4 Å². The number of alkyl halides is 6. The lowest BCUT2D eigenvalue weighted by molar-refractivity contribution is -0.244. The Balaban J connectivity index is 2.92. The number of sulfonamides is 1. The van der Waals surface area contributed by atoms with Crippen molar-refractivity contribution in [3.05, 3.63) is 0 Å². The van der Waals surface area contributed by atoms with E-state index in [0.29, 0.717) is 30.4 Å². The first-order chi connectivity index (χ1) is 12.4. The van der Waals surface area contributed by atoms with E-state index in [4.69, 9.17) is 4.74 Å². The lowest BCUT2D eigenvalue weighted by atomic mass is 10.1. The van der Waals surface area contributed by atoms with E-state index in [9.17, 15) is 53.1 Å². The number of ether oxygens (including phenoxy) is 1. The van der Waals surface area contributed by atoms with E-state index in [1.807, 2.05) is 0 Å². The molecule has 0 heterocycles. The minimum absolute atomic E-state index is 0.350. The van der Waals surface area contributed by atoms with Gasteiger partial charge in [0.15, 0.2) is 0 Å². The van der Waals surface area contributed by atoms with Crippen LogP contribution in [0.4, 0.5) is 26.3 Å². The standard InChI is InChI=1S/C12H15F6NO7S2/c1-9(4-2-3-5-9)26-8(21)6-7(20)19-28(24,25)12(17,18)10(13,14)11(15,16)27(22)23/h2-6H2,1H3,(H,19,20)(H,22,23)/p-1. The van der Waals surface area contributed by atoms with Gasteiger partial charge >= 0.3 is 32.4 Å². The van der Waals surface area contributed by atoms with Crippen molar-refractivity contribution in [2.75, 3.05) is 0 Å². The molecule has 1 saturated carbocycles. The van der Waals surface area contributed by atoms with Crippen LogP contribution in [0.15, 0.2) is 0 Å². The third-order valence-electron chi connectivity index (χ3n) is 3.85. The van der Waals surface area contributed by atoms with Crippen molar-refractivity contribution in [3.8, 4) is 0 Å². The summed E-state index contributed by atoms with van der Waals surface area (Å²) in [6, 6.07) is 0. The largest absolute Gasteiger partial charge is 0.768 e. The monoisotopic (exact) mass is 462 g/mol. The number of hydrogen-bond acceptors (Lipinski definition) is 7. The zero-order chi connectivity index (χ0) is 22.2. The van der Waals surface area contributed by atoms with Crippen LogP contribution >= 0.6 is 0 Å². The van der Waals surface area contributed by atoms with Gasteiger partial charge in [-0.15, -0.1) is 0 Å². The first-order valence-corrected chi connectivity index (χ1v) is 9.95. The Labute approximate surface area is 157 Å². The summed E-state index contributed by atoms with van der Waals surface area (Å²) in [5.74, 6) is -10.4. The van der Waals surface area contributed by atoms with Crippen LogP contribution < -0.4 is 4.72 Å². The summed E-state index contributed by atoms with van der Waals surface area (Å²) >= 11 is -5.12. The SMILES string of the molecule is CC1(OC(=O)CC(=O)NS(=O)(=O)C(F)(F)C(F)(F)C(F)(F)S(=O)[O-])CCCC1. The zero-order valence-electron chi connectivity index (χ0n) is 14.0. The number of carbonyl (C=O) groups excluding carboxylic acids is 2. The van der Waals surface area contributed by atoms with Gasteiger partial charge in [0.2, 0.25) is 5.91 Å². The fourth-order valence-corrected chi connectivity index (χ4v) is 3.73. The Morgan fingerprint density at radius 1 is 1.14 bits per heavy atom. The van der Waals surface area contributed by atoms with Crippen LogP contribution in [0.1, 0.15) is 39.0 Å². The summed E-state index contributed by atoms with van der Waals surface area (Å²) in [4.78, 5) is 23.0. The number of amides is 1. The van der Waals surface area contributed by atoms with Gasteiger partial charge in [0.1, 0.15) is 12.0 Å². The second-order valence-electron chi connectivity index (χ2n) is 6.18. The van der Waals surface area contributed by atoms with Gasteiger partial charge in [0.05, 0.1) is 0 Å². The van der Waals surface area contributed by atoms with Crippen LogP contribution in [0.2, 0.25) is 0 Å². The summed E-state index contributed by atoms with van der Waals surface area (Å²) < 4.78 is 127. The molecule has 0 bridgehead atoms. The van der Waals surface area contributed by atoms with Crippen molar-refractivity contribution in [1.29, 1.82) is 0 Å². The average Bonchev–Trinajstić information content (AvgIpc) is 2.91. The Kier molecular flexibility index (Phi) is 6.84. The van der Waals surface area contributed by atoms with Gasteiger partial charge < -0.3 is 9.29 Å². The number of hydrogen-bond donors (Lipinski definition) is 1. The first kappa shape index (κ1) is 24.6. The van der Waals surface area contributed by atoms with Crippen LogP contribution in [0.3, 0.4) is 0 Å². The molecular formula is C12H14F6NO7S2-. The number of carbonyl (C=O) groups is 2. The highest BCUT2D eigenvalue weighted by Crippen LogP contribution is 2.49. The zero-order valence-corrected chi connectivity index (χ0v) is 15.6. The Hall–Kier alpha value is -1.42. The molecule has 0 spiro atoms. The molecule has 1 amide bonds. The Bertz CT molecular complexity index is 764. The maximum atomic E-state index is 13.5. The third kappa shape index (κ3) is 4.59. The molecule has 0 saturated heterocycles. The maximum absolute atomic E-state index is 13.5. The summed E-state index contributed by atoms with van der Waals surface area (Å²) in [7, 11) is -6.87. The predicted octanol–water partition coefficient (Wildman–Crippen LogP) is 1.40. The van der Waals surface area contributed by atoms with Gasteiger partial charge in [-0.25, -0.2) is 4.72 Å². The van der Waals surface area contributed by atoms with Crippen LogP contribution in [0, 0.1) is 0 Å². The van der Waals surface area contributed by atoms with Crippen LogP contribution in [0.5, 0.6) is 0 Å². The molecule has 1 fully saturated rings. The molecular weight excluding hydrogens is 448 g/mol. The van der Waals surface area contributed by atoms with E-state index in [0.717, 1.165) is 0 Å². The van der Waals surface area contributed by atoms with E-state index in [1.165, 1.54) is 6.92 Å². The van der Waals surface area contributed by atoms with Crippen molar-refractivity contribution in [2.24, 2.45) is 0 Å². The highest BCUT2D eigenvalue weighted by Gasteiger charge is 2.78. The first-order valence-electron chi connectivity index (χ1n) is 7.39. The molecule has 16 heteroatoms. The number of nitrogens with one attached hydrogen (secondary N) is 1. The van der Waals surface area contributed by atoms with Crippen LogP contribution in [0.25, 0.3) is 0 Å². The van der Waals surface area contributed by atoms with Crippen molar-refractivity contribution < 1.29 is 57.8 Å². The van der Waals surface area contributed by atoms with E-state index in [1.54, 1.807) is 0 Å². The summed E-state index contributed by atoms with van der Waals surface area (Å²) in [6.45, 7) is 1.49. The Morgan fingerprint density at radius 2 is 1.61 bits per heavy atom. The number of esters is 1. The quantitative estimate of drug-likeness (QED) is 0.250. The lowest BCUT2D eigenvalue weighted by Crippen LogP contribution is -2.62. The minimum Gasteiger partial charge on any atom is -0.768 e. The van der Waals surface area contributed by atoms with Crippen molar-refractivity contribution >= 4 is 33.0 Å². The van der Waals surface area contributed by atoms with E-state index in [-0.39, 0.29) is 0 Å².